The Bertz CT molecular complexity index is 510. The van der Waals surface area contributed by atoms with Crippen LogP contribution in [0, 0.1) is 0 Å². The Morgan fingerprint density at radius 3 is 2.65 bits per heavy atom. The van der Waals surface area contributed by atoms with E-state index in [2.05, 4.69) is 15.6 Å². The molecule has 23 heavy (non-hydrogen) atoms. The van der Waals surface area contributed by atoms with Gasteiger partial charge in [0.25, 0.3) is 0 Å². The second-order valence-corrected chi connectivity index (χ2v) is 5.15. The van der Waals surface area contributed by atoms with Gasteiger partial charge in [-0.15, -0.1) is 0 Å². The number of benzene rings is 1. The first-order valence-electron chi connectivity index (χ1n) is 7.58. The first-order chi connectivity index (χ1) is 11.2. The summed E-state index contributed by atoms with van der Waals surface area (Å²) in [6.07, 6.45) is 0.917. The molecule has 0 fully saturated rings. The summed E-state index contributed by atoms with van der Waals surface area (Å²) in [6, 6.07) is 3.77. The predicted octanol–water partition coefficient (Wildman–Crippen LogP) is 2.45. The van der Waals surface area contributed by atoms with Gasteiger partial charge < -0.3 is 24.8 Å². The molecule has 2 N–H and O–H groups in total. The molecule has 0 unspecified atom stereocenters. The van der Waals surface area contributed by atoms with E-state index >= 15 is 0 Å². The molecule has 0 aliphatic rings. The van der Waals surface area contributed by atoms with E-state index in [1.54, 1.807) is 21.3 Å². The number of methoxy groups -OCH3 is 2. The Morgan fingerprint density at radius 2 is 2.04 bits per heavy atom. The summed E-state index contributed by atoms with van der Waals surface area (Å²) in [5.41, 5.74) is 0.982. The van der Waals surface area contributed by atoms with Crippen molar-refractivity contribution < 1.29 is 14.2 Å². The second kappa shape index (κ2) is 11.0. The largest absolute Gasteiger partial charge is 0.493 e. The van der Waals surface area contributed by atoms with E-state index in [1.807, 2.05) is 19.1 Å². The molecule has 0 saturated heterocycles. The highest BCUT2D eigenvalue weighted by Gasteiger charge is 2.11. The van der Waals surface area contributed by atoms with Crippen LogP contribution in [0.5, 0.6) is 11.5 Å². The number of aliphatic imine (C=N–C) groups is 1. The van der Waals surface area contributed by atoms with Crippen LogP contribution in [-0.2, 0) is 11.3 Å². The number of guanidine groups is 1. The molecule has 1 aromatic carbocycles. The maximum absolute atomic E-state index is 6.27. The summed E-state index contributed by atoms with van der Waals surface area (Å²) in [7, 11) is 5.02. The van der Waals surface area contributed by atoms with Crippen LogP contribution in [-0.4, -0.2) is 47.0 Å². The highest BCUT2D eigenvalue weighted by Crippen LogP contribution is 2.36. The third-order valence-electron chi connectivity index (χ3n) is 3.08. The lowest BCUT2D eigenvalue weighted by molar-refractivity contribution is 0.195. The standard InChI is InChI=1S/C16H26ClN3O3/c1-5-23-15-13(17)9-12(10-14(15)22-4)11-20-16(18-2)19-7-6-8-21-3/h9-10H,5-8,11H2,1-4H3,(H2,18,19,20). The van der Waals surface area contributed by atoms with E-state index in [0.717, 1.165) is 31.1 Å². The maximum Gasteiger partial charge on any atom is 0.191 e. The number of ether oxygens (including phenoxy) is 3. The van der Waals surface area contributed by atoms with Gasteiger partial charge in [-0.1, -0.05) is 11.6 Å². The molecule has 0 aliphatic heterocycles. The molecule has 7 heteroatoms. The number of rotatable bonds is 9. The van der Waals surface area contributed by atoms with E-state index < -0.39 is 0 Å². The molecule has 0 spiro atoms. The molecule has 1 rings (SSSR count). The number of hydrogen-bond acceptors (Lipinski definition) is 4. The van der Waals surface area contributed by atoms with Crippen LogP contribution < -0.4 is 20.1 Å². The van der Waals surface area contributed by atoms with Crippen molar-refractivity contribution in [2.45, 2.75) is 19.9 Å². The monoisotopic (exact) mass is 343 g/mol. The molecule has 0 bridgehead atoms. The van der Waals surface area contributed by atoms with E-state index in [0.29, 0.717) is 29.7 Å². The van der Waals surface area contributed by atoms with E-state index in [9.17, 15) is 0 Å². The SMILES string of the molecule is CCOc1c(Cl)cc(CNC(=NC)NCCCOC)cc1OC. The van der Waals surface area contributed by atoms with Crippen LogP contribution >= 0.6 is 11.6 Å². The van der Waals surface area contributed by atoms with Crippen molar-refractivity contribution in [2.75, 3.05) is 41.0 Å². The van der Waals surface area contributed by atoms with Crippen molar-refractivity contribution >= 4 is 17.6 Å². The average molecular weight is 344 g/mol. The number of halogens is 1. The zero-order valence-electron chi connectivity index (χ0n) is 14.2. The van der Waals surface area contributed by atoms with Gasteiger partial charge in [0.05, 0.1) is 18.7 Å². The van der Waals surface area contributed by atoms with Gasteiger partial charge in [-0.3, -0.25) is 4.99 Å². The smallest absolute Gasteiger partial charge is 0.191 e. The number of nitrogens with zero attached hydrogens (tertiary/aromatic N) is 1. The van der Waals surface area contributed by atoms with Gasteiger partial charge >= 0.3 is 0 Å². The van der Waals surface area contributed by atoms with Crippen molar-refractivity contribution in [1.29, 1.82) is 0 Å². The lowest BCUT2D eigenvalue weighted by atomic mass is 10.2. The van der Waals surface area contributed by atoms with E-state index in [-0.39, 0.29) is 0 Å². The highest BCUT2D eigenvalue weighted by molar-refractivity contribution is 6.32. The van der Waals surface area contributed by atoms with E-state index in [4.69, 9.17) is 25.8 Å². The summed E-state index contributed by atoms with van der Waals surface area (Å²) < 4.78 is 15.9. The van der Waals surface area contributed by atoms with Gasteiger partial charge in [0, 0.05) is 33.9 Å². The normalized spacial score (nSPS) is 11.3. The van der Waals surface area contributed by atoms with Gasteiger partial charge in [0.1, 0.15) is 0 Å². The number of nitrogens with one attached hydrogen (secondary N) is 2. The quantitative estimate of drug-likeness (QED) is 0.409. The van der Waals surface area contributed by atoms with Gasteiger partial charge in [0.15, 0.2) is 17.5 Å². The minimum atomic E-state index is 0.533. The molecule has 0 atom stereocenters. The van der Waals surface area contributed by atoms with Crippen molar-refractivity contribution in [3.63, 3.8) is 0 Å². The summed E-state index contributed by atoms with van der Waals surface area (Å²) in [5, 5.41) is 6.99. The molecule has 0 aromatic heterocycles. The third-order valence-corrected chi connectivity index (χ3v) is 3.36. The summed E-state index contributed by atoms with van der Waals surface area (Å²) in [4.78, 5) is 4.18. The molecule has 1 aromatic rings. The highest BCUT2D eigenvalue weighted by atomic mass is 35.5. The van der Waals surface area contributed by atoms with Gasteiger partial charge in [-0.2, -0.15) is 0 Å². The fourth-order valence-electron chi connectivity index (χ4n) is 1.99. The zero-order valence-corrected chi connectivity index (χ0v) is 15.0. The van der Waals surface area contributed by atoms with Gasteiger partial charge in [-0.25, -0.2) is 0 Å². The average Bonchev–Trinajstić information content (AvgIpc) is 2.56. The van der Waals surface area contributed by atoms with Crippen molar-refractivity contribution in [3.05, 3.63) is 22.7 Å². The van der Waals surface area contributed by atoms with Crippen LogP contribution in [0.2, 0.25) is 5.02 Å². The predicted molar refractivity (Wildman–Crippen MR) is 93.9 cm³/mol. The lowest BCUT2D eigenvalue weighted by Crippen LogP contribution is -2.37. The lowest BCUT2D eigenvalue weighted by Gasteiger charge is -2.15. The Labute approximate surface area is 143 Å². The van der Waals surface area contributed by atoms with Crippen LogP contribution in [0.15, 0.2) is 17.1 Å². The fourth-order valence-corrected chi connectivity index (χ4v) is 2.28. The molecule has 6 nitrogen and oxygen atoms in total. The first kappa shape index (κ1) is 19.4. The minimum absolute atomic E-state index is 0.533. The van der Waals surface area contributed by atoms with Crippen molar-refractivity contribution in [2.24, 2.45) is 4.99 Å². The molecule has 130 valence electrons. The minimum Gasteiger partial charge on any atom is -0.493 e. The Morgan fingerprint density at radius 1 is 1.26 bits per heavy atom. The Balaban J connectivity index is 2.64. The molecule has 0 saturated carbocycles. The first-order valence-corrected chi connectivity index (χ1v) is 7.96. The molecule has 0 heterocycles. The number of hydrogen-bond donors (Lipinski definition) is 2. The van der Waals surface area contributed by atoms with Crippen LogP contribution in [0.25, 0.3) is 0 Å². The summed E-state index contributed by atoms with van der Waals surface area (Å²) in [5.74, 6) is 1.92. The zero-order chi connectivity index (χ0) is 17.1. The molecular formula is C16H26ClN3O3. The van der Waals surface area contributed by atoms with Crippen LogP contribution in [0.3, 0.4) is 0 Å². The Kier molecular flexibility index (Phi) is 9.24. The van der Waals surface area contributed by atoms with Crippen molar-refractivity contribution in [3.8, 4) is 11.5 Å². The van der Waals surface area contributed by atoms with E-state index in [1.165, 1.54) is 0 Å². The van der Waals surface area contributed by atoms with Crippen LogP contribution in [0.1, 0.15) is 18.9 Å². The third kappa shape index (κ3) is 6.54. The summed E-state index contributed by atoms with van der Waals surface area (Å²) >= 11 is 6.27. The molecule has 0 radical (unpaired) electrons. The van der Waals surface area contributed by atoms with Crippen LogP contribution in [0.4, 0.5) is 0 Å². The molecule has 0 aliphatic carbocycles. The van der Waals surface area contributed by atoms with Gasteiger partial charge in [-0.05, 0) is 31.0 Å². The maximum atomic E-state index is 6.27. The fraction of sp³-hybridized carbons (Fsp3) is 0.562. The molecular weight excluding hydrogens is 318 g/mol. The topological polar surface area (TPSA) is 64.1 Å². The Hall–Kier alpha value is -1.66. The van der Waals surface area contributed by atoms with Gasteiger partial charge in [0.2, 0.25) is 0 Å². The second-order valence-electron chi connectivity index (χ2n) is 4.74. The summed E-state index contributed by atoms with van der Waals surface area (Å²) in [6.45, 7) is 4.53. The molecule has 0 amide bonds. The van der Waals surface area contributed by atoms with Crippen molar-refractivity contribution in [1.82, 2.24) is 10.6 Å².